The van der Waals surface area contributed by atoms with Gasteiger partial charge in [0.15, 0.2) is 0 Å². The second kappa shape index (κ2) is 8.32. The minimum atomic E-state index is -0.297. The number of benzene rings is 2. The van der Waals surface area contributed by atoms with E-state index in [9.17, 15) is 9.18 Å². The smallest absolute Gasteiger partial charge is 0.228 e. The van der Waals surface area contributed by atoms with Gasteiger partial charge in [-0.3, -0.25) is 4.79 Å². The molecule has 0 bridgehead atoms. The summed E-state index contributed by atoms with van der Waals surface area (Å²) < 4.78 is 12.8. The highest BCUT2D eigenvalue weighted by atomic mass is 19.1. The third-order valence-corrected chi connectivity index (χ3v) is 3.50. The van der Waals surface area contributed by atoms with E-state index >= 15 is 0 Å². The highest BCUT2D eigenvalue weighted by molar-refractivity contribution is 5.92. The number of carbonyl (C=O) groups is 1. The predicted octanol–water partition coefficient (Wildman–Crippen LogP) is 4.46. The van der Waals surface area contributed by atoms with Gasteiger partial charge in [0.05, 0.1) is 6.42 Å². The van der Waals surface area contributed by atoms with Crippen LogP contribution >= 0.6 is 0 Å². The number of amides is 1. The van der Waals surface area contributed by atoms with Crippen LogP contribution in [0, 0.1) is 11.7 Å². The second-order valence-corrected chi connectivity index (χ2v) is 6.04. The number of carbonyl (C=O) groups excluding carboxylic acids is 1. The van der Waals surface area contributed by atoms with Crippen molar-refractivity contribution in [2.45, 2.75) is 26.7 Å². The van der Waals surface area contributed by atoms with Crippen molar-refractivity contribution in [2.24, 2.45) is 5.92 Å². The van der Waals surface area contributed by atoms with E-state index in [-0.39, 0.29) is 18.1 Å². The van der Waals surface area contributed by atoms with Gasteiger partial charge >= 0.3 is 0 Å². The average Bonchev–Trinajstić information content (AvgIpc) is 2.51. The van der Waals surface area contributed by atoms with Gasteiger partial charge in [0, 0.05) is 17.9 Å². The van der Waals surface area contributed by atoms with Crippen molar-refractivity contribution in [1.82, 2.24) is 0 Å². The molecule has 0 fully saturated rings. The van der Waals surface area contributed by atoms with Crippen molar-refractivity contribution < 1.29 is 9.18 Å². The molecular formula is C19H23FN2O. The standard InChI is InChI=1S/C19H23FN2O/c1-14(2)11-12-21-17-7-9-18(10-8-17)22-19(23)13-15-3-5-16(20)6-4-15/h3-10,14,21H,11-13H2,1-2H3,(H,22,23). The lowest BCUT2D eigenvalue weighted by Gasteiger charge is -2.10. The van der Waals surface area contributed by atoms with Gasteiger partial charge in [-0.2, -0.15) is 0 Å². The number of nitrogens with one attached hydrogen (secondary N) is 2. The summed E-state index contributed by atoms with van der Waals surface area (Å²) in [7, 11) is 0. The summed E-state index contributed by atoms with van der Waals surface area (Å²) in [5.74, 6) is 0.263. The molecule has 0 unspecified atom stereocenters. The van der Waals surface area contributed by atoms with Crippen molar-refractivity contribution >= 4 is 17.3 Å². The number of hydrogen-bond acceptors (Lipinski definition) is 2. The summed E-state index contributed by atoms with van der Waals surface area (Å²) in [6.45, 7) is 5.33. The van der Waals surface area contributed by atoms with Crippen molar-refractivity contribution in [3.63, 3.8) is 0 Å². The van der Waals surface area contributed by atoms with Crippen LogP contribution in [0.4, 0.5) is 15.8 Å². The lowest BCUT2D eigenvalue weighted by Crippen LogP contribution is -2.14. The molecule has 122 valence electrons. The normalized spacial score (nSPS) is 10.6. The Hall–Kier alpha value is -2.36. The molecule has 0 atom stereocenters. The van der Waals surface area contributed by atoms with Crippen LogP contribution in [0.15, 0.2) is 48.5 Å². The van der Waals surface area contributed by atoms with Gasteiger partial charge in [0.2, 0.25) is 5.91 Å². The number of halogens is 1. The number of hydrogen-bond donors (Lipinski definition) is 2. The monoisotopic (exact) mass is 314 g/mol. The van der Waals surface area contributed by atoms with Crippen LogP contribution in [0.5, 0.6) is 0 Å². The largest absolute Gasteiger partial charge is 0.385 e. The minimum Gasteiger partial charge on any atom is -0.385 e. The molecule has 0 aliphatic carbocycles. The molecule has 3 nitrogen and oxygen atoms in total. The van der Waals surface area contributed by atoms with Crippen LogP contribution in [0.1, 0.15) is 25.8 Å². The molecule has 2 aromatic carbocycles. The number of anilines is 2. The first kappa shape index (κ1) is 17.0. The molecule has 0 heterocycles. The average molecular weight is 314 g/mol. The van der Waals surface area contributed by atoms with Gasteiger partial charge in [-0.25, -0.2) is 4.39 Å². The molecular weight excluding hydrogens is 291 g/mol. The first-order valence-corrected chi connectivity index (χ1v) is 7.91. The topological polar surface area (TPSA) is 41.1 Å². The fraction of sp³-hybridized carbons (Fsp3) is 0.316. The molecule has 2 N–H and O–H groups in total. The summed E-state index contributed by atoms with van der Waals surface area (Å²) in [6, 6.07) is 13.6. The van der Waals surface area contributed by atoms with Crippen molar-refractivity contribution in [3.05, 3.63) is 59.9 Å². The zero-order valence-corrected chi connectivity index (χ0v) is 13.6. The molecule has 0 spiro atoms. The summed E-state index contributed by atoms with van der Waals surface area (Å²) >= 11 is 0. The molecule has 0 aliphatic heterocycles. The first-order valence-electron chi connectivity index (χ1n) is 7.91. The van der Waals surface area contributed by atoms with E-state index < -0.39 is 0 Å². The van der Waals surface area contributed by atoms with Crippen molar-refractivity contribution in [3.8, 4) is 0 Å². The van der Waals surface area contributed by atoms with E-state index in [2.05, 4.69) is 24.5 Å². The van der Waals surface area contributed by atoms with Gasteiger partial charge in [-0.05, 0) is 54.3 Å². The van der Waals surface area contributed by atoms with E-state index in [4.69, 9.17) is 0 Å². The Balaban J connectivity index is 1.82. The van der Waals surface area contributed by atoms with Gasteiger partial charge in [0.25, 0.3) is 0 Å². The van der Waals surface area contributed by atoms with Crippen LogP contribution < -0.4 is 10.6 Å². The fourth-order valence-corrected chi connectivity index (χ4v) is 2.17. The van der Waals surface area contributed by atoms with Crippen molar-refractivity contribution in [2.75, 3.05) is 17.2 Å². The zero-order valence-electron chi connectivity index (χ0n) is 13.6. The third-order valence-electron chi connectivity index (χ3n) is 3.50. The highest BCUT2D eigenvalue weighted by Crippen LogP contribution is 2.14. The van der Waals surface area contributed by atoms with Crippen LogP contribution in [0.3, 0.4) is 0 Å². The Morgan fingerprint density at radius 3 is 2.22 bits per heavy atom. The lowest BCUT2D eigenvalue weighted by atomic mass is 10.1. The molecule has 23 heavy (non-hydrogen) atoms. The van der Waals surface area contributed by atoms with E-state index in [0.29, 0.717) is 5.92 Å². The summed E-state index contributed by atoms with van der Waals surface area (Å²) in [4.78, 5) is 12.0. The molecule has 0 saturated heterocycles. The molecule has 0 aromatic heterocycles. The Morgan fingerprint density at radius 1 is 1.00 bits per heavy atom. The van der Waals surface area contributed by atoms with Gasteiger partial charge in [0.1, 0.15) is 5.82 Å². The third kappa shape index (κ3) is 6.10. The van der Waals surface area contributed by atoms with Crippen LogP contribution in [-0.2, 0) is 11.2 Å². The SMILES string of the molecule is CC(C)CCNc1ccc(NC(=O)Cc2ccc(F)cc2)cc1. The zero-order chi connectivity index (χ0) is 16.7. The molecule has 0 saturated carbocycles. The summed E-state index contributed by atoms with van der Waals surface area (Å²) in [5, 5.41) is 6.20. The van der Waals surface area contributed by atoms with E-state index in [1.54, 1.807) is 12.1 Å². The maximum Gasteiger partial charge on any atom is 0.228 e. The highest BCUT2D eigenvalue weighted by Gasteiger charge is 2.04. The van der Waals surface area contributed by atoms with E-state index in [1.165, 1.54) is 12.1 Å². The Kier molecular flexibility index (Phi) is 6.15. The maximum atomic E-state index is 12.8. The molecule has 0 radical (unpaired) electrons. The first-order chi connectivity index (χ1) is 11.0. The quantitative estimate of drug-likeness (QED) is 0.792. The van der Waals surface area contributed by atoms with E-state index in [1.807, 2.05) is 24.3 Å². The predicted molar refractivity (Wildman–Crippen MR) is 93.1 cm³/mol. The second-order valence-electron chi connectivity index (χ2n) is 6.04. The Bertz CT molecular complexity index is 621. The maximum absolute atomic E-state index is 12.8. The fourth-order valence-electron chi connectivity index (χ4n) is 2.17. The van der Waals surface area contributed by atoms with Crippen LogP contribution in [-0.4, -0.2) is 12.5 Å². The molecule has 1 amide bonds. The Morgan fingerprint density at radius 2 is 1.61 bits per heavy atom. The minimum absolute atomic E-state index is 0.114. The summed E-state index contributed by atoms with van der Waals surface area (Å²) in [6.07, 6.45) is 1.35. The summed E-state index contributed by atoms with van der Waals surface area (Å²) in [5.41, 5.74) is 2.59. The van der Waals surface area contributed by atoms with Crippen LogP contribution in [0.25, 0.3) is 0 Å². The molecule has 4 heteroatoms. The van der Waals surface area contributed by atoms with Gasteiger partial charge in [-0.15, -0.1) is 0 Å². The lowest BCUT2D eigenvalue weighted by molar-refractivity contribution is -0.115. The molecule has 2 rings (SSSR count). The Labute approximate surface area is 136 Å². The van der Waals surface area contributed by atoms with Crippen molar-refractivity contribution in [1.29, 1.82) is 0 Å². The van der Waals surface area contributed by atoms with Gasteiger partial charge < -0.3 is 10.6 Å². The van der Waals surface area contributed by atoms with Gasteiger partial charge in [-0.1, -0.05) is 26.0 Å². The molecule has 0 aliphatic rings. The molecule has 2 aromatic rings. The number of rotatable bonds is 7. The van der Waals surface area contributed by atoms with E-state index in [0.717, 1.165) is 29.9 Å². The van der Waals surface area contributed by atoms with Crippen LogP contribution in [0.2, 0.25) is 0 Å².